The van der Waals surface area contributed by atoms with Crippen molar-refractivity contribution in [1.82, 2.24) is 10.2 Å². The van der Waals surface area contributed by atoms with Crippen molar-refractivity contribution in [3.05, 3.63) is 29.8 Å². The third kappa shape index (κ3) is 4.55. The number of hydrogen-bond donors (Lipinski definition) is 1. The molecule has 1 aliphatic heterocycles. The molecule has 1 heterocycles. The number of likely N-dealkylation sites (tertiary alicyclic amines) is 1. The molecule has 1 aromatic rings. The van der Waals surface area contributed by atoms with Crippen LogP contribution < -0.4 is 10.1 Å². The highest BCUT2D eigenvalue weighted by Crippen LogP contribution is 2.45. The third-order valence-corrected chi connectivity index (χ3v) is 5.44. The maximum Gasteiger partial charge on any atom is 0.193 e. The van der Waals surface area contributed by atoms with Crippen LogP contribution in [0.2, 0.25) is 0 Å². The van der Waals surface area contributed by atoms with Crippen LogP contribution in [0.4, 0.5) is 0 Å². The van der Waals surface area contributed by atoms with Crippen LogP contribution >= 0.6 is 24.0 Å². The SMILES string of the molecule is CN=C(NCCc1cccc(OC)c1)N1CCC2(CCCC2)C1.I. The molecule has 1 spiro atoms. The van der Waals surface area contributed by atoms with Gasteiger partial charge in [-0.05, 0) is 48.8 Å². The standard InChI is InChI=1S/C19H29N3O.HI/c1-20-18(22-13-11-19(15-22)9-3-4-10-19)21-12-8-16-6-5-7-17(14-16)23-2;/h5-7,14H,3-4,8-13,15H2,1-2H3,(H,20,21);1H. The van der Waals surface area contributed by atoms with Crippen LogP contribution in [0.5, 0.6) is 5.75 Å². The van der Waals surface area contributed by atoms with Crippen molar-refractivity contribution >= 4 is 29.9 Å². The summed E-state index contributed by atoms with van der Waals surface area (Å²) in [4.78, 5) is 6.95. The van der Waals surface area contributed by atoms with E-state index in [0.29, 0.717) is 5.41 Å². The first-order valence-electron chi connectivity index (χ1n) is 8.83. The first-order chi connectivity index (χ1) is 11.2. The average molecular weight is 443 g/mol. The van der Waals surface area contributed by atoms with Crippen LogP contribution in [-0.2, 0) is 6.42 Å². The van der Waals surface area contributed by atoms with Gasteiger partial charge < -0.3 is 15.0 Å². The first kappa shape index (κ1) is 19.3. The molecule has 1 saturated heterocycles. The molecule has 0 aromatic heterocycles. The van der Waals surface area contributed by atoms with Crippen molar-refractivity contribution in [2.45, 2.75) is 38.5 Å². The van der Waals surface area contributed by atoms with E-state index < -0.39 is 0 Å². The molecule has 0 bridgehead atoms. The molecule has 5 heteroatoms. The Labute approximate surface area is 163 Å². The highest BCUT2D eigenvalue weighted by Gasteiger charge is 2.40. The fraction of sp³-hybridized carbons (Fsp3) is 0.632. The second-order valence-corrected chi connectivity index (χ2v) is 6.95. The van der Waals surface area contributed by atoms with Gasteiger partial charge >= 0.3 is 0 Å². The summed E-state index contributed by atoms with van der Waals surface area (Å²) >= 11 is 0. The van der Waals surface area contributed by atoms with E-state index in [2.05, 4.69) is 27.3 Å². The van der Waals surface area contributed by atoms with Gasteiger partial charge in [0.15, 0.2) is 5.96 Å². The quantitative estimate of drug-likeness (QED) is 0.438. The van der Waals surface area contributed by atoms with Gasteiger partial charge in [-0.25, -0.2) is 0 Å². The van der Waals surface area contributed by atoms with Gasteiger partial charge in [0.05, 0.1) is 7.11 Å². The maximum atomic E-state index is 5.29. The highest BCUT2D eigenvalue weighted by molar-refractivity contribution is 14.0. The van der Waals surface area contributed by atoms with Crippen molar-refractivity contribution < 1.29 is 4.74 Å². The zero-order chi connectivity index (χ0) is 16.1. The Morgan fingerprint density at radius 3 is 2.79 bits per heavy atom. The number of guanidine groups is 1. The van der Waals surface area contributed by atoms with E-state index in [0.717, 1.165) is 31.2 Å². The summed E-state index contributed by atoms with van der Waals surface area (Å²) in [7, 11) is 3.61. The van der Waals surface area contributed by atoms with Gasteiger partial charge in [-0.1, -0.05) is 25.0 Å². The van der Waals surface area contributed by atoms with Crippen molar-refractivity contribution in [2.24, 2.45) is 10.4 Å². The number of halogens is 1. The Morgan fingerprint density at radius 2 is 2.08 bits per heavy atom. The topological polar surface area (TPSA) is 36.9 Å². The zero-order valence-corrected chi connectivity index (χ0v) is 17.2. The van der Waals surface area contributed by atoms with Crippen LogP contribution in [0.25, 0.3) is 0 Å². The van der Waals surface area contributed by atoms with E-state index in [1.54, 1.807) is 7.11 Å². The molecular formula is C19H30IN3O. The monoisotopic (exact) mass is 443 g/mol. The van der Waals surface area contributed by atoms with Crippen LogP contribution in [-0.4, -0.2) is 44.7 Å². The molecule has 134 valence electrons. The molecular weight excluding hydrogens is 413 g/mol. The molecule has 4 nitrogen and oxygen atoms in total. The summed E-state index contributed by atoms with van der Waals surface area (Å²) in [5.41, 5.74) is 1.88. The summed E-state index contributed by atoms with van der Waals surface area (Å²) < 4.78 is 5.29. The molecule has 1 aliphatic carbocycles. The van der Waals surface area contributed by atoms with Crippen LogP contribution in [0.3, 0.4) is 0 Å². The lowest BCUT2D eigenvalue weighted by Gasteiger charge is -2.26. The van der Waals surface area contributed by atoms with E-state index in [1.807, 2.05) is 19.2 Å². The molecule has 0 radical (unpaired) electrons. The zero-order valence-electron chi connectivity index (χ0n) is 14.9. The fourth-order valence-corrected chi connectivity index (χ4v) is 4.13. The molecule has 24 heavy (non-hydrogen) atoms. The highest BCUT2D eigenvalue weighted by atomic mass is 127. The van der Waals surface area contributed by atoms with E-state index in [-0.39, 0.29) is 24.0 Å². The van der Waals surface area contributed by atoms with E-state index in [4.69, 9.17) is 4.74 Å². The van der Waals surface area contributed by atoms with Gasteiger partial charge in [-0.2, -0.15) is 0 Å². The lowest BCUT2D eigenvalue weighted by atomic mass is 9.86. The molecule has 0 unspecified atom stereocenters. The largest absolute Gasteiger partial charge is 0.497 e. The molecule has 1 N–H and O–H groups in total. The minimum absolute atomic E-state index is 0. The molecule has 2 fully saturated rings. The number of nitrogens with zero attached hydrogens (tertiary/aromatic N) is 2. The lowest BCUT2D eigenvalue weighted by Crippen LogP contribution is -2.41. The summed E-state index contributed by atoms with van der Waals surface area (Å²) in [6, 6.07) is 8.29. The minimum Gasteiger partial charge on any atom is -0.497 e. The Bertz CT molecular complexity index is 555. The summed E-state index contributed by atoms with van der Waals surface area (Å²) in [5, 5.41) is 3.54. The average Bonchev–Trinajstić information content (AvgIpc) is 3.22. The number of nitrogens with one attached hydrogen (secondary N) is 1. The van der Waals surface area contributed by atoms with Crippen molar-refractivity contribution in [3.8, 4) is 5.75 Å². The minimum atomic E-state index is 0. The van der Waals surface area contributed by atoms with E-state index in [9.17, 15) is 0 Å². The molecule has 1 saturated carbocycles. The van der Waals surface area contributed by atoms with Crippen LogP contribution in [0.15, 0.2) is 29.3 Å². The normalized spacial score (nSPS) is 19.4. The molecule has 0 amide bonds. The number of benzene rings is 1. The van der Waals surface area contributed by atoms with Gasteiger partial charge in [0.25, 0.3) is 0 Å². The fourth-order valence-electron chi connectivity index (χ4n) is 4.13. The number of rotatable bonds is 4. The number of aliphatic imine (C=N–C) groups is 1. The van der Waals surface area contributed by atoms with Gasteiger partial charge in [0, 0.05) is 26.7 Å². The second kappa shape index (κ2) is 8.92. The van der Waals surface area contributed by atoms with Gasteiger partial charge in [0.2, 0.25) is 0 Å². The predicted molar refractivity (Wildman–Crippen MR) is 111 cm³/mol. The maximum absolute atomic E-state index is 5.29. The van der Waals surface area contributed by atoms with E-state index in [1.165, 1.54) is 44.2 Å². The molecule has 1 aromatic carbocycles. The predicted octanol–water partition coefficient (Wildman–Crippen LogP) is 3.70. The Morgan fingerprint density at radius 1 is 1.29 bits per heavy atom. The third-order valence-electron chi connectivity index (χ3n) is 5.44. The number of hydrogen-bond acceptors (Lipinski definition) is 2. The summed E-state index contributed by atoms with van der Waals surface area (Å²) in [6.45, 7) is 3.24. The Balaban J connectivity index is 0.00000208. The van der Waals surface area contributed by atoms with Crippen LogP contribution in [0, 0.1) is 5.41 Å². The lowest BCUT2D eigenvalue weighted by molar-refractivity contribution is 0.309. The summed E-state index contributed by atoms with van der Waals surface area (Å²) in [6.07, 6.45) is 7.96. The van der Waals surface area contributed by atoms with Gasteiger partial charge in [0.1, 0.15) is 5.75 Å². The smallest absolute Gasteiger partial charge is 0.193 e. The van der Waals surface area contributed by atoms with Crippen molar-refractivity contribution in [3.63, 3.8) is 0 Å². The van der Waals surface area contributed by atoms with Crippen molar-refractivity contribution in [1.29, 1.82) is 0 Å². The van der Waals surface area contributed by atoms with Gasteiger partial charge in [-0.15, -0.1) is 24.0 Å². The second-order valence-electron chi connectivity index (χ2n) is 6.95. The Hall–Kier alpha value is -0.980. The summed E-state index contributed by atoms with van der Waals surface area (Å²) in [5.74, 6) is 1.99. The molecule has 3 rings (SSSR count). The molecule has 2 aliphatic rings. The number of ether oxygens (including phenoxy) is 1. The number of methoxy groups -OCH3 is 1. The van der Waals surface area contributed by atoms with E-state index >= 15 is 0 Å². The first-order valence-corrected chi connectivity index (χ1v) is 8.83. The Kier molecular flexibility index (Phi) is 7.19. The van der Waals surface area contributed by atoms with Crippen molar-refractivity contribution in [2.75, 3.05) is 33.8 Å². The van der Waals surface area contributed by atoms with Gasteiger partial charge in [-0.3, -0.25) is 4.99 Å². The van der Waals surface area contributed by atoms with Crippen LogP contribution in [0.1, 0.15) is 37.7 Å². The molecule has 0 atom stereocenters.